The van der Waals surface area contributed by atoms with Gasteiger partial charge in [-0.2, -0.15) is 0 Å². The van der Waals surface area contributed by atoms with Crippen molar-refractivity contribution in [1.82, 2.24) is 15.0 Å². The third-order valence-electron chi connectivity index (χ3n) is 3.27. The second-order valence-electron chi connectivity index (χ2n) is 4.93. The summed E-state index contributed by atoms with van der Waals surface area (Å²) < 4.78 is 33.3. The molecule has 0 saturated heterocycles. The third-order valence-corrected chi connectivity index (χ3v) is 3.92. The van der Waals surface area contributed by atoms with E-state index in [1.54, 1.807) is 26.3 Å². The molecule has 0 spiro atoms. The summed E-state index contributed by atoms with van der Waals surface area (Å²) in [6, 6.07) is 7.28. The minimum absolute atomic E-state index is 0.0367. The molecule has 2 aromatic rings. The highest BCUT2D eigenvalue weighted by Crippen LogP contribution is 2.20. The zero-order chi connectivity index (χ0) is 17.7. The topological polar surface area (TPSA) is 104 Å². The standard InChI is InChI=1S/C14H18N4O5S/c1-17(9-24(20)21)13-12(14(19)23-3)15-16-18(13)8-10-4-6-11(22-2)7-5-10/h4-7,24H,8-9H2,1-3H3. The number of hydrogen-bond donors (Lipinski definition) is 1. The SMILES string of the molecule is COC(=O)c1nnn(Cc2ccc(OC)cc2)c1N(C)C[SH](=O)=O. The number of nitrogens with zero attached hydrogens (tertiary/aromatic N) is 4. The molecule has 0 unspecified atom stereocenters. The van der Waals surface area contributed by atoms with Gasteiger partial charge >= 0.3 is 5.97 Å². The lowest BCUT2D eigenvalue weighted by molar-refractivity contribution is 0.0594. The molecule has 0 N–H and O–H groups in total. The molecular formula is C14H18N4O5S. The minimum Gasteiger partial charge on any atom is -0.497 e. The fourth-order valence-corrected chi connectivity index (χ4v) is 2.65. The number of ether oxygens (including phenoxy) is 2. The number of thiol groups is 1. The van der Waals surface area contributed by atoms with E-state index in [0.29, 0.717) is 12.3 Å². The summed E-state index contributed by atoms with van der Waals surface area (Å²) in [7, 11) is 1.67. The minimum atomic E-state index is -2.67. The molecule has 0 aliphatic heterocycles. The van der Waals surface area contributed by atoms with E-state index in [2.05, 4.69) is 15.0 Å². The average Bonchev–Trinajstić information content (AvgIpc) is 2.98. The van der Waals surface area contributed by atoms with E-state index in [9.17, 15) is 13.2 Å². The van der Waals surface area contributed by atoms with Crippen LogP contribution in [0, 0.1) is 0 Å². The van der Waals surface area contributed by atoms with Crippen LogP contribution in [0.1, 0.15) is 16.1 Å². The van der Waals surface area contributed by atoms with Gasteiger partial charge < -0.3 is 14.4 Å². The van der Waals surface area contributed by atoms with Crippen LogP contribution in [0.2, 0.25) is 0 Å². The van der Waals surface area contributed by atoms with Gasteiger partial charge in [-0.05, 0) is 17.7 Å². The monoisotopic (exact) mass is 354 g/mol. The Morgan fingerprint density at radius 3 is 2.46 bits per heavy atom. The van der Waals surface area contributed by atoms with Gasteiger partial charge in [0.25, 0.3) is 0 Å². The number of hydrogen-bond acceptors (Lipinski definition) is 8. The highest BCUT2D eigenvalue weighted by Gasteiger charge is 2.24. The number of methoxy groups -OCH3 is 2. The normalized spacial score (nSPS) is 10.7. The molecule has 1 aromatic heterocycles. The summed E-state index contributed by atoms with van der Waals surface area (Å²) in [5.41, 5.74) is 0.851. The Hall–Kier alpha value is -2.62. The first-order valence-corrected chi connectivity index (χ1v) is 8.30. The molecule has 0 fully saturated rings. The fourth-order valence-electron chi connectivity index (χ4n) is 2.17. The predicted octanol–water partition coefficient (Wildman–Crippen LogP) is 0.127. The van der Waals surface area contributed by atoms with Crippen molar-refractivity contribution in [2.75, 3.05) is 32.0 Å². The first kappa shape index (κ1) is 17.7. The van der Waals surface area contributed by atoms with Crippen molar-refractivity contribution in [2.24, 2.45) is 0 Å². The molecule has 9 nitrogen and oxygen atoms in total. The molecule has 24 heavy (non-hydrogen) atoms. The molecule has 0 bridgehead atoms. The second-order valence-corrected chi connectivity index (χ2v) is 5.88. The molecule has 10 heteroatoms. The molecule has 0 saturated carbocycles. The van der Waals surface area contributed by atoms with Crippen LogP contribution in [0.15, 0.2) is 24.3 Å². The van der Waals surface area contributed by atoms with E-state index >= 15 is 0 Å². The fraction of sp³-hybridized carbons (Fsp3) is 0.357. The van der Waals surface area contributed by atoms with Crippen LogP contribution in [0.3, 0.4) is 0 Å². The second kappa shape index (κ2) is 7.77. The number of aromatic nitrogens is 3. The van der Waals surface area contributed by atoms with E-state index in [1.807, 2.05) is 12.1 Å². The first-order valence-electron chi connectivity index (χ1n) is 6.94. The molecule has 0 amide bonds. The van der Waals surface area contributed by atoms with E-state index in [-0.39, 0.29) is 17.4 Å². The van der Waals surface area contributed by atoms with Crippen LogP contribution in [0.4, 0.5) is 5.82 Å². The van der Waals surface area contributed by atoms with Gasteiger partial charge in [0.15, 0.2) is 16.5 Å². The lowest BCUT2D eigenvalue weighted by Gasteiger charge is -2.17. The van der Waals surface area contributed by atoms with Gasteiger partial charge in [-0.15, -0.1) is 5.10 Å². The summed E-state index contributed by atoms with van der Waals surface area (Å²) in [6.07, 6.45) is 0. The van der Waals surface area contributed by atoms with Crippen molar-refractivity contribution < 1.29 is 22.7 Å². The Morgan fingerprint density at radius 2 is 1.92 bits per heavy atom. The zero-order valence-electron chi connectivity index (χ0n) is 13.5. The molecule has 1 heterocycles. The Morgan fingerprint density at radius 1 is 1.25 bits per heavy atom. The highest BCUT2D eigenvalue weighted by molar-refractivity contribution is 7.72. The van der Waals surface area contributed by atoms with Crippen LogP contribution >= 0.6 is 0 Å². The smallest absolute Gasteiger partial charge is 0.362 e. The van der Waals surface area contributed by atoms with E-state index in [4.69, 9.17) is 4.74 Å². The number of benzene rings is 1. The first-order chi connectivity index (χ1) is 11.5. The van der Waals surface area contributed by atoms with Crippen molar-refractivity contribution in [3.63, 3.8) is 0 Å². The molecule has 0 aliphatic carbocycles. The average molecular weight is 354 g/mol. The quantitative estimate of drug-likeness (QED) is 0.553. The van der Waals surface area contributed by atoms with Gasteiger partial charge in [0, 0.05) is 7.05 Å². The highest BCUT2D eigenvalue weighted by atomic mass is 32.2. The lowest BCUT2D eigenvalue weighted by Crippen LogP contribution is -2.25. The number of anilines is 1. The molecule has 130 valence electrons. The van der Waals surface area contributed by atoms with Crippen molar-refractivity contribution in [3.8, 4) is 5.75 Å². The van der Waals surface area contributed by atoms with Crippen LogP contribution in [-0.2, 0) is 22.0 Å². The summed E-state index contributed by atoms with van der Waals surface area (Å²) >= 11 is 0. The van der Waals surface area contributed by atoms with Gasteiger partial charge in [0.1, 0.15) is 11.6 Å². The molecule has 0 radical (unpaired) electrons. The van der Waals surface area contributed by atoms with Gasteiger partial charge in [-0.1, -0.05) is 17.3 Å². The number of esters is 1. The molecule has 0 atom stereocenters. The van der Waals surface area contributed by atoms with E-state index in [0.717, 1.165) is 5.56 Å². The van der Waals surface area contributed by atoms with E-state index < -0.39 is 16.7 Å². The maximum absolute atomic E-state index is 11.8. The van der Waals surface area contributed by atoms with Gasteiger partial charge in [-0.3, -0.25) is 0 Å². The summed E-state index contributed by atoms with van der Waals surface area (Å²) in [5, 5.41) is 7.77. The maximum Gasteiger partial charge on any atom is 0.362 e. The number of rotatable bonds is 7. The van der Waals surface area contributed by atoms with Gasteiger partial charge in [0.2, 0.25) is 5.69 Å². The van der Waals surface area contributed by atoms with Gasteiger partial charge in [-0.25, -0.2) is 17.9 Å². The predicted molar refractivity (Wildman–Crippen MR) is 87.0 cm³/mol. The van der Waals surface area contributed by atoms with Crippen molar-refractivity contribution in [2.45, 2.75) is 6.54 Å². The van der Waals surface area contributed by atoms with Crippen molar-refractivity contribution >= 4 is 22.5 Å². The Kier molecular flexibility index (Phi) is 5.74. The van der Waals surface area contributed by atoms with Crippen LogP contribution in [0.5, 0.6) is 5.75 Å². The molecular weight excluding hydrogens is 336 g/mol. The van der Waals surface area contributed by atoms with E-state index in [1.165, 1.54) is 16.7 Å². The number of carbonyl (C=O) groups is 1. The van der Waals surface area contributed by atoms with Crippen LogP contribution in [0.25, 0.3) is 0 Å². The zero-order valence-corrected chi connectivity index (χ0v) is 14.4. The Labute approximate surface area is 140 Å². The summed E-state index contributed by atoms with van der Waals surface area (Å²) in [5.74, 6) is 0.0408. The van der Waals surface area contributed by atoms with Crippen molar-refractivity contribution in [3.05, 3.63) is 35.5 Å². The summed E-state index contributed by atoms with van der Waals surface area (Å²) in [6.45, 7) is 0.309. The van der Waals surface area contributed by atoms with Crippen LogP contribution in [-0.4, -0.2) is 56.5 Å². The largest absolute Gasteiger partial charge is 0.497 e. The van der Waals surface area contributed by atoms with Crippen LogP contribution < -0.4 is 9.64 Å². The van der Waals surface area contributed by atoms with Crippen molar-refractivity contribution in [1.29, 1.82) is 0 Å². The maximum atomic E-state index is 11.8. The third kappa shape index (κ3) is 4.02. The lowest BCUT2D eigenvalue weighted by atomic mass is 10.2. The Bertz CT molecular complexity index is 777. The number of carbonyl (C=O) groups excluding carboxylic acids is 1. The van der Waals surface area contributed by atoms with Gasteiger partial charge in [0.05, 0.1) is 20.8 Å². The molecule has 0 aliphatic rings. The summed E-state index contributed by atoms with van der Waals surface area (Å²) in [4.78, 5) is 13.2. The molecule has 1 aromatic carbocycles. The molecule has 2 rings (SSSR count). The Balaban J connectivity index is 2.37.